The summed E-state index contributed by atoms with van der Waals surface area (Å²) in [5.74, 6) is 0.495. The van der Waals surface area contributed by atoms with Crippen LogP contribution in [0.15, 0.2) is 66.9 Å². The van der Waals surface area contributed by atoms with E-state index in [9.17, 15) is 9.59 Å². The van der Waals surface area contributed by atoms with Gasteiger partial charge in [-0.05, 0) is 67.8 Å². The fourth-order valence-corrected chi connectivity index (χ4v) is 4.50. The lowest BCUT2D eigenvalue weighted by Gasteiger charge is -2.32. The van der Waals surface area contributed by atoms with Crippen molar-refractivity contribution in [1.82, 2.24) is 14.4 Å². The molecule has 3 rings (SSSR count). The van der Waals surface area contributed by atoms with E-state index in [1.807, 2.05) is 48.4 Å². The molecule has 7 nitrogen and oxygen atoms in total. The third kappa shape index (κ3) is 8.10. The highest BCUT2D eigenvalue weighted by Gasteiger charge is 2.25. The van der Waals surface area contributed by atoms with E-state index in [2.05, 4.69) is 17.6 Å². The zero-order chi connectivity index (χ0) is 27.5. The Morgan fingerprint density at radius 3 is 2.55 bits per heavy atom. The second kappa shape index (κ2) is 14.6. The number of carbonyl (C=O) groups is 2. The van der Waals surface area contributed by atoms with Crippen LogP contribution in [-0.4, -0.2) is 66.1 Å². The molecule has 0 aliphatic rings. The molecule has 0 spiro atoms. The summed E-state index contributed by atoms with van der Waals surface area (Å²) in [6.07, 6.45) is 3.45. The van der Waals surface area contributed by atoms with Gasteiger partial charge < -0.3 is 23.8 Å². The molecule has 0 aliphatic carbocycles. The van der Waals surface area contributed by atoms with Crippen LogP contribution in [0.25, 0.3) is 0 Å². The largest absolute Gasteiger partial charge is 0.497 e. The molecule has 0 bridgehead atoms. The third-order valence-corrected chi connectivity index (χ3v) is 6.88. The fraction of sp³-hybridized carbons (Fsp3) is 0.400. The van der Waals surface area contributed by atoms with Gasteiger partial charge in [-0.3, -0.25) is 9.59 Å². The predicted molar refractivity (Wildman–Crippen MR) is 151 cm³/mol. The first kappa shape index (κ1) is 29.3. The molecule has 8 heteroatoms. The van der Waals surface area contributed by atoms with Crippen LogP contribution in [-0.2, 0) is 22.6 Å². The van der Waals surface area contributed by atoms with Crippen molar-refractivity contribution in [2.45, 2.75) is 45.8 Å². The van der Waals surface area contributed by atoms with Gasteiger partial charge in [-0.25, -0.2) is 0 Å². The smallest absolute Gasteiger partial charge is 0.254 e. The summed E-state index contributed by atoms with van der Waals surface area (Å²) in [5, 5.41) is 0.483. The molecule has 1 atom stereocenters. The topological polar surface area (TPSA) is 64.0 Å². The molecule has 1 unspecified atom stereocenters. The van der Waals surface area contributed by atoms with Crippen LogP contribution in [0.5, 0.6) is 5.75 Å². The molecule has 38 heavy (non-hydrogen) atoms. The molecule has 0 saturated carbocycles. The van der Waals surface area contributed by atoms with Gasteiger partial charge in [0.2, 0.25) is 5.91 Å². The van der Waals surface area contributed by atoms with E-state index in [0.717, 1.165) is 23.4 Å². The van der Waals surface area contributed by atoms with Gasteiger partial charge in [-0.1, -0.05) is 36.7 Å². The van der Waals surface area contributed by atoms with Crippen LogP contribution in [0.1, 0.15) is 48.3 Å². The van der Waals surface area contributed by atoms with Crippen LogP contribution in [0.4, 0.5) is 0 Å². The summed E-state index contributed by atoms with van der Waals surface area (Å²) < 4.78 is 12.7. The van der Waals surface area contributed by atoms with Gasteiger partial charge in [0.25, 0.3) is 5.91 Å². The lowest BCUT2D eigenvalue weighted by Crippen LogP contribution is -2.46. The highest BCUT2D eigenvalue weighted by Crippen LogP contribution is 2.18. The summed E-state index contributed by atoms with van der Waals surface area (Å²) in [7, 11) is 3.28. The Hall–Kier alpha value is -3.29. The summed E-state index contributed by atoms with van der Waals surface area (Å²) in [6.45, 7) is 6.11. The van der Waals surface area contributed by atoms with Crippen LogP contribution >= 0.6 is 11.6 Å². The van der Waals surface area contributed by atoms with Gasteiger partial charge in [-0.15, -0.1) is 0 Å². The van der Waals surface area contributed by atoms with Crippen molar-refractivity contribution in [2.75, 3.05) is 33.9 Å². The van der Waals surface area contributed by atoms with Crippen molar-refractivity contribution < 1.29 is 19.1 Å². The number of ether oxygens (including phenoxy) is 2. The van der Waals surface area contributed by atoms with Gasteiger partial charge in [0.1, 0.15) is 12.3 Å². The quantitative estimate of drug-likeness (QED) is 0.254. The van der Waals surface area contributed by atoms with Gasteiger partial charge >= 0.3 is 0 Å². The zero-order valence-electron chi connectivity index (χ0n) is 22.7. The van der Waals surface area contributed by atoms with Crippen LogP contribution in [0, 0.1) is 0 Å². The molecule has 3 aromatic rings. The molecule has 0 N–H and O–H groups in total. The highest BCUT2D eigenvalue weighted by molar-refractivity contribution is 6.31. The maximum atomic E-state index is 13.7. The lowest BCUT2D eigenvalue weighted by molar-refractivity contribution is -0.134. The standard InChI is InChI=1S/C30H38ClN3O4/c1-5-23(2)34(21-27-13-8-15-32(27)20-24-10-6-14-28(18-24)38-4)29(35)22-33(16-9-17-37-3)30(36)25-11-7-12-26(31)19-25/h6-8,10-15,18-19,23H,5,9,16-17,20-22H2,1-4H3. The van der Waals surface area contributed by atoms with E-state index in [4.69, 9.17) is 21.1 Å². The Morgan fingerprint density at radius 2 is 1.84 bits per heavy atom. The molecule has 0 saturated heterocycles. The number of amides is 2. The van der Waals surface area contributed by atoms with E-state index in [1.165, 1.54) is 0 Å². The number of hydrogen-bond acceptors (Lipinski definition) is 4. The molecule has 1 heterocycles. The first-order chi connectivity index (χ1) is 18.4. The van der Waals surface area contributed by atoms with E-state index >= 15 is 0 Å². The van der Waals surface area contributed by atoms with E-state index in [1.54, 1.807) is 43.4 Å². The van der Waals surface area contributed by atoms with E-state index < -0.39 is 0 Å². The second-order valence-corrected chi connectivity index (χ2v) is 9.78. The lowest BCUT2D eigenvalue weighted by atomic mass is 10.1. The molecule has 0 fully saturated rings. The number of carbonyl (C=O) groups excluding carboxylic acids is 2. The number of aromatic nitrogens is 1. The summed E-state index contributed by atoms with van der Waals surface area (Å²) in [6, 6.07) is 18.8. The van der Waals surface area contributed by atoms with Gasteiger partial charge in [-0.2, -0.15) is 0 Å². The van der Waals surface area contributed by atoms with Crippen molar-refractivity contribution >= 4 is 23.4 Å². The minimum Gasteiger partial charge on any atom is -0.497 e. The Bertz CT molecular complexity index is 1200. The Kier molecular flexibility index (Phi) is 11.2. The SMILES string of the molecule is CCC(C)N(Cc1cccn1Cc1cccc(OC)c1)C(=O)CN(CCCOC)C(=O)c1cccc(Cl)c1. The van der Waals surface area contributed by atoms with Crippen molar-refractivity contribution in [3.8, 4) is 5.75 Å². The Balaban J connectivity index is 1.79. The Morgan fingerprint density at radius 1 is 1.05 bits per heavy atom. The number of rotatable bonds is 14. The summed E-state index contributed by atoms with van der Waals surface area (Å²) >= 11 is 6.13. The van der Waals surface area contributed by atoms with Crippen molar-refractivity contribution in [1.29, 1.82) is 0 Å². The number of hydrogen-bond donors (Lipinski definition) is 0. The molecular weight excluding hydrogens is 502 g/mol. The number of halogens is 1. The van der Waals surface area contributed by atoms with Crippen LogP contribution < -0.4 is 4.74 Å². The molecule has 1 aromatic heterocycles. The van der Waals surface area contributed by atoms with Gasteiger partial charge in [0.05, 0.1) is 13.7 Å². The first-order valence-electron chi connectivity index (χ1n) is 13.0. The van der Waals surface area contributed by atoms with Crippen molar-refractivity contribution in [3.05, 3.63) is 88.7 Å². The Labute approximate surface area is 230 Å². The maximum absolute atomic E-state index is 13.7. The third-order valence-electron chi connectivity index (χ3n) is 6.65. The van der Waals surface area contributed by atoms with Crippen LogP contribution in [0.3, 0.4) is 0 Å². The molecule has 2 amide bonds. The summed E-state index contributed by atoms with van der Waals surface area (Å²) in [4.78, 5) is 30.5. The second-order valence-electron chi connectivity index (χ2n) is 9.34. The summed E-state index contributed by atoms with van der Waals surface area (Å²) in [5.41, 5.74) is 2.60. The maximum Gasteiger partial charge on any atom is 0.254 e. The normalized spacial score (nSPS) is 11.7. The van der Waals surface area contributed by atoms with E-state index in [0.29, 0.717) is 43.2 Å². The predicted octanol–water partition coefficient (Wildman–Crippen LogP) is 5.50. The van der Waals surface area contributed by atoms with Crippen LogP contribution in [0.2, 0.25) is 5.02 Å². The molecule has 0 aliphatic heterocycles. The molecule has 204 valence electrons. The molecule has 0 radical (unpaired) electrons. The average molecular weight is 540 g/mol. The fourth-order valence-electron chi connectivity index (χ4n) is 4.31. The minimum absolute atomic E-state index is 0.00441. The van der Waals surface area contributed by atoms with Crippen molar-refractivity contribution in [3.63, 3.8) is 0 Å². The van der Waals surface area contributed by atoms with Gasteiger partial charge in [0, 0.05) is 55.3 Å². The number of benzene rings is 2. The first-order valence-corrected chi connectivity index (χ1v) is 13.3. The van der Waals surface area contributed by atoms with E-state index in [-0.39, 0.29) is 24.4 Å². The monoisotopic (exact) mass is 539 g/mol. The van der Waals surface area contributed by atoms with Crippen molar-refractivity contribution in [2.24, 2.45) is 0 Å². The minimum atomic E-state index is -0.220. The van der Waals surface area contributed by atoms with Gasteiger partial charge in [0.15, 0.2) is 0 Å². The zero-order valence-corrected chi connectivity index (χ0v) is 23.5. The number of methoxy groups -OCH3 is 2. The average Bonchev–Trinajstić information content (AvgIpc) is 3.36. The molecule has 2 aromatic carbocycles. The number of nitrogens with zero attached hydrogens (tertiary/aromatic N) is 3. The highest BCUT2D eigenvalue weighted by atomic mass is 35.5. The molecular formula is C30H38ClN3O4.